The van der Waals surface area contributed by atoms with Gasteiger partial charge in [-0.3, -0.25) is 4.68 Å². The van der Waals surface area contributed by atoms with E-state index in [0.29, 0.717) is 6.54 Å². The highest BCUT2D eigenvalue weighted by Crippen LogP contribution is 2.12. The molecule has 0 spiro atoms. The molecule has 7 nitrogen and oxygen atoms in total. The molecule has 0 aliphatic rings. The molecule has 2 aromatic carbocycles. The van der Waals surface area contributed by atoms with E-state index in [-0.39, 0.29) is 0 Å². The van der Waals surface area contributed by atoms with Crippen molar-refractivity contribution in [2.75, 3.05) is 13.1 Å². The molecule has 0 saturated heterocycles. The number of para-hydroxylation sites is 2. The molecule has 2 aromatic heterocycles. The number of aliphatic imine (C=N–C) groups is 1. The van der Waals surface area contributed by atoms with Crippen molar-refractivity contribution in [3.05, 3.63) is 83.9 Å². The number of rotatable bonds is 9. The van der Waals surface area contributed by atoms with Crippen molar-refractivity contribution in [1.29, 1.82) is 0 Å². The molecule has 0 aliphatic heterocycles. The molecule has 2 heterocycles. The van der Waals surface area contributed by atoms with Gasteiger partial charge < -0.3 is 15.6 Å². The van der Waals surface area contributed by atoms with Gasteiger partial charge in [0, 0.05) is 31.9 Å². The summed E-state index contributed by atoms with van der Waals surface area (Å²) in [5.41, 5.74) is 4.55. The van der Waals surface area contributed by atoms with Gasteiger partial charge in [-0.1, -0.05) is 36.4 Å². The maximum absolute atomic E-state index is 4.79. The summed E-state index contributed by atoms with van der Waals surface area (Å²) in [6.45, 7) is 5.11. The Balaban J connectivity index is 1.32. The largest absolute Gasteiger partial charge is 0.357 e. The Hall–Kier alpha value is -3.61. The van der Waals surface area contributed by atoms with Crippen LogP contribution in [-0.2, 0) is 19.5 Å². The van der Waals surface area contributed by atoms with Crippen LogP contribution in [0.15, 0.2) is 72.0 Å². The van der Waals surface area contributed by atoms with Gasteiger partial charge in [-0.05, 0) is 42.7 Å². The summed E-state index contributed by atoms with van der Waals surface area (Å²) in [6.07, 6.45) is 5.65. The van der Waals surface area contributed by atoms with Crippen molar-refractivity contribution in [2.24, 2.45) is 4.99 Å². The molecule has 4 rings (SSSR count). The predicted octanol–water partition coefficient (Wildman–Crippen LogP) is 3.50. The van der Waals surface area contributed by atoms with Crippen LogP contribution in [0.2, 0.25) is 0 Å². The van der Waals surface area contributed by atoms with E-state index in [1.165, 1.54) is 11.1 Å². The number of hydrogen-bond acceptors (Lipinski definition) is 3. The van der Waals surface area contributed by atoms with Gasteiger partial charge in [0.15, 0.2) is 5.96 Å². The van der Waals surface area contributed by atoms with E-state index >= 15 is 0 Å². The molecule has 0 bridgehead atoms. The molecule has 0 amide bonds. The van der Waals surface area contributed by atoms with E-state index in [2.05, 4.69) is 63.0 Å². The molecule has 4 aromatic rings. The first-order chi connectivity index (χ1) is 15.3. The van der Waals surface area contributed by atoms with E-state index in [1.807, 2.05) is 35.1 Å². The smallest absolute Gasteiger partial charge is 0.191 e. The van der Waals surface area contributed by atoms with Crippen molar-refractivity contribution in [2.45, 2.75) is 32.9 Å². The first kappa shape index (κ1) is 20.7. The fourth-order valence-corrected chi connectivity index (χ4v) is 3.53. The minimum atomic E-state index is 0.621. The molecule has 0 fully saturated rings. The van der Waals surface area contributed by atoms with Crippen molar-refractivity contribution >= 4 is 17.0 Å². The molecule has 0 radical (unpaired) electrons. The number of aryl methyl sites for hydroxylation is 1. The van der Waals surface area contributed by atoms with Crippen LogP contribution >= 0.6 is 0 Å². The van der Waals surface area contributed by atoms with Crippen LogP contribution in [0.3, 0.4) is 0 Å². The summed E-state index contributed by atoms with van der Waals surface area (Å²) >= 11 is 0. The van der Waals surface area contributed by atoms with Crippen molar-refractivity contribution in [1.82, 2.24) is 30.4 Å². The minimum absolute atomic E-state index is 0.621. The van der Waals surface area contributed by atoms with E-state index in [1.54, 1.807) is 6.20 Å². The lowest BCUT2D eigenvalue weighted by Crippen LogP contribution is -2.37. The molecule has 7 heteroatoms. The van der Waals surface area contributed by atoms with Crippen LogP contribution < -0.4 is 10.6 Å². The molecular weight excluding hydrogens is 386 g/mol. The summed E-state index contributed by atoms with van der Waals surface area (Å²) in [5, 5.41) is 11.1. The van der Waals surface area contributed by atoms with Gasteiger partial charge >= 0.3 is 0 Å². The molecule has 0 saturated carbocycles. The van der Waals surface area contributed by atoms with Gasteiger partial charge in [0.1, 0.15) is 5.82 Å². The van der Waals surface area contributed by atoms with Gasteiger partial charge in [0.25, 0.3) is 0 Å². The molecule has 3 N–H and O–H groups in total. The topological polar surface area (TPSA) is 82.9 Å². The highest BCUT2D eigenvalue weighted by atomic mass is 15.3. The number of nitrogens with zero attached hydrogens (tertiary/aromatic N) is 4. The van der Waals surface area contributed by atoms with Crippen LogP contribution in [0.4, 0.5) is 0 Å². The third kappa shape index (κ3) is 5.72. The zero-order chi connectivity index (χ0) is 21.3. The SMILES string of the molecule is CCNC(=NCc1ccccc1Cn1cccn1)NCCCc1nc2ccccc2[nH]1. The van der Waals surface area contributed by atoms with Crippen LogP contribution in [0.5, 0.6) is 0 Å². The maximum Gasteiger partial charge on any atom is 0.191 e. The number of H-pyrrole nitrogens is 1. The number of aromatic nitrogens is 4. The number of benzene rings is 2. The van der Waals surface area contributed by atoms with Crippen molar-refractivity contribution < 1.29 is 0 Å². The zero-order valence-electron chi connectivity index (χ0n) is 17.9. The minimum Gasteiger partial charge on any atom is -0.357 e. The fourth-order valence-electron chi connectivity index (χ4n) is 3.53. The Labute approximate surface area is 182 Å². The van der Waals surface area contributed by atoms with E-state index in [4.69, 9.17) is 4.99 Å². The molecule has 0 unspecified atom stereocenters. The number of guanidine groups is 1. The first-order valence-corrected chi connectivity index (χ1v) is 10.8. The standard InChI is InChI=1S/C24H29N7/c1-2-25-24(26-14-7-13-23-29-21-11-5-6-12-22(21)30-23)27-17-19-9-3-4-10-20(19)18-31-16-8-15-28-31/h3-6,8-12,15-16H,2,7,13-14,17-18H2,1H3,(H,29,30)(H2,25,26,27). The molecule has 160 valence electrons. The van der Waals surface area contributed by atoms with E-state index in [0.717, 1.165) is 55.3 Å². The number of nitrogens with one attached hydrogen (secondary N) is 3. The molecule has 0 aliphatic carbocycles. The normalized spacial score (nSPS) is 11.7. The average Bonchev–Trinajstić information content (AvgIpc) is 3.45. The van der Waals surface area contributed by atoms with Crippen LogP contribution in [0.1, 0.15) is 30.3 Å². The quantitative estimate of drug-likeness (QED) is 0.222. The lowest BCUT2D eigenvalue weighted by molar-refractivity contribution is 0.680. The second kappa shape index (κ2) is 10.4. The lowest BCUT2D eigenvalue weighted by atomic mass is 10.1. The number of aromatic amines is 1. The van der Waals surface area contributed by atoms with Gasteiger partial charge in [-0.2, -0.15) is 5.10 Å². The van der Waals surface area contributed by atoms with Crippen molar-refractivity contribution in [3.63, 3.8) is 0 Å². The summed E-state index contributed by atoms with van der Waals surface area (Å²) < 4.78 is 1.93. The molecule has 0 atom stereocenters. The Kier molecular flexibility index (Phi) is 6.95. The summed E-state index contributed by atoms with van der Waals surface area (Å²) in [5.74, 6) is 1.86. The predicted molar refractivity (Wildman–Crippen MR) is 125 cm³/mol. The van der Waals surface area contributed by atoms with E-state index in [9.17, 15) is 0 Å². The second-order valence-electron chi connectivity index (χ2n) is 7.40. The highest BCUT2D eigenvalue weighted by molar-refractivity contribution is 5.79. The van der Waals surface area contributed by atoms with Crippen molar-refractivity contribution in [3.8, 4) is 0 Å². The monoisotopic (exact) mass is 415 g/mol. The van der Waals surface area contributed by atoms with Crippen LogP contribution in [-0.4, -0.2) is 38.8 Å². The maximum atomic E-state index is 4.79. The number of imidazole rings is 1. The first-order valence-electron chi connectivity index (χ1n) is 10.8. The second-order valence-corrected chi connectivity index (χ2v) is 7.40. The number of hydrogen-bond donors (Lipinski definition) is 3. The van der Waals surface area contributed by atoms with Gasteiger partial charge in [0.05, 0.1) is 24.1 Å². The van der Waals surface area contributed by atoms with Gasteiger partial charge in [-0.15, -0.1) is 0 Å². The Morgan fingerprint density at radius 2 is 1.87 bits per heavy atom. The number of fused-ring (bicyclic) bond motifs is 1. The fraction of sp³-hybridized carbons (Fsp3) is 0.292. The van der Waals surface area contributed by atoms with Gasteiger partial charge in [0.2, 0.25) is 0 Å². The molecule has 31 heavy (non-hydrogen) atoms. The zero-order valence-corrected chi connectivity index (χ0v) is 17.9. The molecular formula is C24H29N7. The summed E-state index contributed by atoms with van der Waals surface area (Å²) in [7, 11) is 0. The summed E-state index contributed by atoms with van der Waals surface area (Å²) in [6, 6.07) is 18.5. The lowest BCUT2D eigenvalue weighted by Gasteiger charge is -2.12. The summed E-state index contributed by atoms with van der Waals surface area (Å²) in [4.78, 5) is 12.8. The average molecular weight is 416 g/mol. The third-order valence-electron chi connectivity index (χ3n) is 5.08. The Morgan fingerprint density at radius 3 is 2.68 bits per heavy atom. The van der Waals surface area contributed by atoms with Crippen LogP contribution in [0, 0.1) is 0 Å². The highest BCUT2D eigenvalue weighted by Gasteiger charge is 2.05. The Bertz CT molecular complexity index is 1080. The van der Waals surface area contributed by atoms with Gasteiger partial charge in [-0.25, -0.2) is 9.98 Å². The van der Waals surface area contributed by atoms with Crippen LogP contribution in [0.25, 0.3) is 11.0 Å². The Morgan fingerprint density at radius 1 is 1.03 bits per heavy atom. The third-order valence-corrected chi connectivity index (χ3v) is 5.08. The van der Waals surface area contributed by atoms with E-state index < -0.39 is 0 Å².